The molecule has 3 aromatic carbocycles. The number of nitrogens with one attached hydrogen (secondary N) is 2. The Labute approximate surface area is 225 Å². The third kappa shape index (κ3) is 6.01. The molecule has 0 saturated heterocycles. The molecule has 2 amide bonds. The molecule has 1 atom stereocenters. The Bertz CT molecular complexity index is 1310. The highest BCUT2D eigenvalue weighted by Gasteiger charge is 2.34. The first-order valence-corrected chi connectivity index (χ1v) is 12.5. The van der Waals surface area contributed by atoms with Crippen molar-refractivity contribution in [1.29, 1.82) is 0 Å². The third-order valence-electron chi connectivity index (χ3n) is 5.66. The second-order valence-electron chi connectivity index (χ2n) is 8.03. The van der Waals surface area contributed by atoms with Gasteiger partial charge in [0.25, 0.3) is 0 Å². The predicted octanol–water partition coefficient (Wildman–Crippen LogP) is 6.30. The van der Waals surface area contributed by atoms with Crippen LogP contribution in [0, 0.1) is 0 Å². The van der Waals surface area contributed by atoms with Crippen molar-refractivity contribution in [2.75, 3.05) is 13.2 Å². The molecule has 0 aromatic heterocycles. The van der Waals surface area contributed by atoms with Gasteiger partial charge in [-0.25, -0.2) is 9.59 Å². The van der Waals surface area contributed by atoms with Gasteiger partial charge in [-0.3, -0.25) is 0 Å². The summed E-state index contributed by atoms with van der Waals surface area (Å²) in [4.78, 5) is 25.8. The molecule has 192 valence electrons. The first-order valence-electron chi connectivity index (χ1n) is 11.8. The van der Waals surface area contributed by atoms with Gasteiger partial charge in [-0.15, -0.1) is 0 Å². The molecule has 2 N–H and O–H groups in total. The number of ether oxygens (including phenoxy) is 3. The maximum atomic E-state index is 13.1. The van der Waals surface area contributed by atoms with Crippen LogP contribution < -0.4 is 20.1 Å². The number of hydrogen-bond donors (Lipinski definition) is 2. The van der Waals surface area contributed by atoms with Gasteiger partial charge in [0.05, 0.1) is 30.5 Å². The van der Waals surface area contributed by atoms with Crippen molar-refractivity contribution in [2.45, 2.75) is 26.5 Å². The minimum Gasteiger partial charge on any atom is -0.490 e. The normalized spacial score (nSPS) is 15.0. The highest BCUT2D eigenvalue weighted by molar-refractivity contribution is 6.35. The summed E-state index contributed by atoms with van der Waals surface area (Å²) in [5.41, 5.74) is 2.64. The summed E-state index contributed by atoms with van der Waals surface area (Å²) in [6.07, 6.45) is 0. The van der Waals surface area contributed by atoms with E-state index in [4.69, 9.17) is 37.4 Å². The lowest BCUT2D eigenvalue weighted by atomic mass is 9.92. The number of amides is 2. The lowest BCUT2D eigenvalue weighted by Crippen LogP contribution is -2.45. The van der Waals surface area contributed by atoms with Crippen LogP contribution in [0.4, 0.5) is 4.79 Å². The summed E-state index contributed by atoms with van der Waals surface area (Å²) >= 11 is 12.6. The van der Waals surface area contributed by atoms with E-state index in [0.29, 0.717) is 50.5 Å². The van der Waals surface area contributed by atoms with Crippen LogP contribution in [0.5, 0.6) is 11.5 Å². The molecule has 0 bridgehead atoms. The van der Waals surface area contributed by atoms with Gasteiger partial charge in [0.15, 0.2) is 11.5 Å². The lowest BCUT2D eigenvalue weighted by molar-refractivity contribution is -0.138. The van der Waals surface area contributed by atoms with Gasteiger partial charge in [-0.1, -0.05) is 65.7 Å². The van der Waals surface area contributed by atoms with Gasteiger partial charge >= 0.3 is 12.0 Å². The third-order valence-corrected chi connectivity index (χ3v) is 6.37. The number of carbonyl (C=O) groups excluding carboxylic acids is 2. The molecule has 1 aliphatic rings. The van der Waals surface area contributed by atoms with E-state index in [-0.39, 0.29) is 18.8 Å². The SMILES string of the molecule is CCOC(=O)C1=C(c2ccccc2)NC(=O)N[C@@H]1c1ccc(OCc2c(Cl)cccc2Cl)c(OCC)c1. The summed E-state index contributed by atoms with van der Waals surface area (Å²) in [6, 6.07) is 18.4. The maximum absolute atomic E-state index is 13.1. The maximum Gasteiger partial charge on any atom is 0.338 e. The molecular weight excluding hydrogens is 515 g/mol. The minimum absolute atomic E-state index is 0.133. The zero-order valence-corrected chi connectivity index (χ0v) is 21.9. The Morgan fingerprint density at radius 1 is 0.892 bits per heavy atom. The van der Waals surface area contributed by atoms with E-state index < -0.39 is 18.0 Å². The molecule has 4 rings (SSSR count). The second kappa shape index (κ2) is 12.0. The predicted molar refractivity (Wildman–Crippen MR) is 143 cm³/mol. The fourth-order valence-corrected chi connectivity index (χ4v) is 4.49. The zero-order valence-electron chi connectivity index (χ0n) is 20.3. The van der Waals surface area contributed by atoms with Crippen molar-refractivity contribution in [3.05, 3.63) is 99.0 Å². The molecular formula is C28H26Cl2N2O5. The van der Waals surface area contributed by atoms with Crippen LogP contribution in [0.15, 0.2) is 72.3 Å². The monoisotopic (exact) mass is 540 g/mol. The molecule has 1 aliphatic heterocycles. The Balaban J connectivity index is 1.73. The van der Waals surface area contributed by atoms with Crippen LogP contribution in [0.3, 0.4) is 0 Å². The lowest BCUT2D eigenvalue weighted by Gasteiger charge is -2.30. The Hall–Kier alpha value is -3.68. The van der Waals surface area contributed by atoms with Crippen LogP contribution in [0.25, 0.3) is 5.70 Å². The summed E-state index contributed by atoms with van der Waals surface area (Å²) in [6.45, 7) is 4.28. The van der Waals surface area contributed by atoms with Crippen molar-refractivity contribution in [2.24, 2.45) is 0 Å². The molecule has 3 aromatic rings. The summed E-state index contributed by atoms with van der Waals surface area (Å²) < 4.78 is 17.2. The van der Waals surface area contributed by atoms with Crippen molar-refractivity contribution in [3.63, 3.8) is 0 Å². The van der Waals surface area contributed by atoms with E-state index in [2.05, 4.69) is 10.6 Å². The Morgan fingerprint density at radius 2 is 1.62 bits per heavy atom. The van der Waals surface area contributed by atoms with Gasteiger partial charge in [0, 0.05) is 15.6 Å². The van der Waals surface area contributed by atoms with Gasteiger partial charge in [0.2, 0.25) is 0 Å². The van der Waals surface area contributed by atoms with Gasteiger partial charge in [-0.2, -0.15) is 0 Å². The smallest absolute Gasteiger partial charge is 0.338 e. The number of halogens is 2. The number of benzene rings is 3. The van der Waals surface area contributed by atoms with Crippen molar-refractivity contribution in [1.82, 2.24) is 10.6 Å². The van der Waals surface area contributed by atoms with Crippen LogP contribution in [0.2, 0.25) is 10.0 Å². The first kappa shape index (κ1) is 26.4. The summed E-state index contributed by atoms with van der Waals surface area (Å²) in [7, 11) is 0. The Morgan fingerprint density at radius 3 is 2.30 bits per heavy atom. The molecule has 1 heterocycles. The van der Waals surface area contributed by atoms with Crippen LogP contribution in [0.1, 0.15) is 36.6 Å². The fraction of sp³-hybridized carbons (Fsp3) is 0.214. The van der Waals surface area contributed by atoms with Gasteiger partial charge < -0.3 is 24.8 Å². The van der Waals surface area contributed by atoms with E-state index in [1.807, 2.05) is 37.3 Å². The first-order chi connectivity index (χ1) is 17.9. The average molecular weight is 541 g/mol. The standard InChI is InChI=1S/C28H26Cl2N2O5/c1-3-35-23-15-18(13-14-22(23)37-16-19-20(29)11-8-12-21(19)30)26-24(27(33)36-4-2)25(31-28(34)32-26)17-9-6-5-7-10-17/h5-15,26H,3-4,16H2,1-2H3,(H2,31,32,34)/t26-/m1/s1. The second-order valence-corrected chi connectivity index (χ2v) is 8.85. The molecule has 0 fully saturated rings. The van der Waals surface area contributed by atoms with E-state index in [9.17, 15) is 9.59 Å². The molecule has 7 nitrogen and oxygen atoms in total. The van der Waals surface area contributed by atoms with E-state index in [1.165, 1.54) is 0 Å². The molecule has 0 unspecified atom stereocenters. The fourth-order valence-electron chi connectivity index (χ4n) is 3.99. The van der Waals surface area contributed by atoms with E-state index in [0.717, 1.165) is 0 Å². The van der Waals surface area contributed by atoms with Crippen molar-refractivity contribution < 1.29 is 23.8 Å². The summed E-state index contributed by atoms with van der Waals surface area (Å²) in [5.74, 6) is 0.373. The number of hydrogen-bond acceptors (Lipinski definition) is 5. The number of urea groups is 1. The zero-order chi connectivity index (χ0) is 26.4. The van der Waals surface area contributed by atoms with Crippen molar-refractivity contribution >= 4 is 40.9 Å². The molecule has 0 radical (unpaired) electrons. The largest absolute Gasteiger partial charge is 0.490 e. The molecule has 0 aliphatic carbocycles. The van der Waals surface area contributed by atoms with Gasteiger partial charge in [-0.05, 0) is 49.2 Å². The number of rotatable bonds is 9. The molecule has 37 heavy (non-hydrogen) atoms. The molecule has 0 spiro atoms. The topological polar surface area (TPSA) is 85.9 Å². The van der Waals surface area contributed by atoms with E-state index >= 15 is 0 Å². The van der Waals surface area contributed by atoms with E-state index in [1.54, 1.807) is 43.3 Å². The van der Waals surface area contributed by atoms with Crippen LogP contribution in [-0.4, -0.2) is 25.2 Å². The minimum atomic E-state index is -0.783. The van der Waals surface area contributed by atoms with Crippen LogP contribution in [-0.2, 0) is 16.1 Å². The number of carbonyl (C=O) groups is 2. The van der Waals surface area contributed by atoms with Crippen LogP contribution >= 0.6 is 23.2 Å². The van der Waals surface area contributed by atoms with Gasteiger partial charge in [0.1, 0.15) is 6.61 Å². The average Bonchev–Trinajstić information content (AvgIpc) is 2.89. The number of esters is 1. The molecule has 0 saturated carbocycles. The highest BCUT2D eigenvalue weighted by Crippen LogP contribution is 2.37. The quantitative estimate of drug-likeness (QED) is 0.311. The molecule has 9 heteroatoms. The summed E-state index contributed by atoms with van der Waals surface area (Å²) in [5, 5.41) is 6.61. The Kier molecular flexibility index (Phi) is 8.58. The van der Waals surface area contributed by atoms with Crippen molar-refractivity contribution in [3.8, 4) is 11.5 Å². The highest BCUT2D eigenvalue weighted by atomic mass is 35.5.